The van der Waals surface area contributed by atoms with Gasteiger partial charge in [-0.1, -0.05) is 36.4 Å². The van der Waals surface area contributed by atoms with Crippen LogP contribution in [0.4, 0.5) is 5.69 Å². The molecule has 0 aliphatic heterocycles. The fraction of sp³-hybridized carbons (Fsp3) is 0.200. The van der Waals surface area contributed by atoms with Gasteiger partial charge in [0.1, 0.15) is 11.6 Å². The van der Waals surface area contributed by atoms with Crippen LogP contribution < -0.4 is 10.1 Å². The summed E-state index contributed by atoms with van der Waals surface area (Å²) in [7, 11) is 1.33. The number of hydrogen-bond donors (Lipinski definition) is 1. The number of carbonyl (C=O) groups excluding carboxylic acids is 1. The molecule has 2 aromatic rings. The maximum atomic E-state index is 12.2. The van der Waals surface area contributed by atoms with Gasteiger partial charge < -0.3 is 10.1 Å². The number of aryl methyl sites for hydroxylation is 1. The predicted octanol–water partition coefficient (Wildman–Crippen LogP) is 3.26. The van der Waals surface area contributed by atoms with E-state index in [2.05, 4.69) is 5.32 Å². The summed E-state index contributed by atoms with van der Waals surface area (Å²) in [6, 6.07) is 16.0. The van der Waals surface area contributed by atoms with Crippen LogP contribution in [0, 0.1) is 21.4 Å². The van der Waals surface area contributed by atoms with Gasteiger partial charge in [0.15, 0.2) is 5.75 Å². The molecule has 0 fully saturated rings. The second-order valence-corrected chi connectivity index (χ2v) is 5.70. The first-order chi connectivity index (χ1) is 13.0. The highest BCUT2D eigenvalue weighted by Crippen LogP contribution is 2.28. The van der Waals surface area contributed by atoms with Crippen molar-refractivity contribution < 1.29 is 14.5 Å². The van der Waals surface area contributed by atoms with E-state index >= 15 is 0 Å². The number of nitriles is 1. The topological polar surface area (TPSA) is 105 Å². The molecular weight excluding hydrogens is 346 g/mol. The van der Waals surface area contributed by atoms with Crippen LogP contribution in [-0.4, -0.2) is 24.5 Å². The molecule has 7 heteroatoms. The molecule has 0 heterocycles. The summed E-state index contributed by atoms with van der Waals surface area (Å²) < 4.78 is 4.94. The zero-order valence-electron chi connectivity index (χ0n) is 14.8. The molecule has 0 unspecified atom stereocenters. The highest BCUT2D eigenvalue weighted by atomic mass is 16.6. The van der Waals surface area contributed by atoms with Crippen molar-refractivity contribution in [1.82, 2.24) is 5.32 Å². The number of benzene rings is 2. The third-order valence-electron chi connectivity index (χ3n) is 3.85. The quantitative estimate of drug-likeness (QED) is 0.254. The molecule has 0 bridgehead atoms. The van der Waals surface area contributed by atoms with E-state index in [1.807, 2.05) is 36.4 Å². The number of nitrogens with zero attached hydrogens (tertiary/aromatic N) is 2. The second-order valence-electron chi connectivity index (χ2n) is 5.70. The van der Waals surface area contributed by atoms with Crippen molar-refractivity contribution in [2.45, 2.75) is 12.8 Å². The highest BCUT2D eigenvalue weighted by molar-refractivity contribution is 6.01. The molecule has 1 amide bonds. The summed E-state index contributed by atoms with van der Waals surface area (Å²) in [6.07, 6.45) is 2.87. The average molecular weight is 365 g/mol. The normalized spacial score (nSPS) is 10.7. The summed E-state index contributed by atoms with van der Waals surface area (Å²) in [5.74, 6) is -0.398. The van der Waals surface area contributed by atoms with Crippen LogP contribution in [-0.2, 0) is 11.2 Å². The molecule has 7 nitrogen and oxygen atoms in total. The average Bonchev–Trinajstić information content (AvgIpc) is 2.69. The largest absolute Gasteiger partial charge is 0.490 e. The van der Waals surface area contributed by atoms with Crippen molar-refractivity contribution >= 4 is 17.7 Å². The molecule has 138 valence electrons. The Bertz CT molecular complexity index is 886. The summed E-state index contributed by atoms with van der Waals surface area (Å²) in [4.78, 5) is 22.7. The van der Waals surface area contributed by atoms with E-state index in [9.17, 15) is 20.2 Å². The van der Waals surface area contributed by atoms with Crippen LogP contribution in [0.25, 0.3) is 6.08 Å². The lowest BCUT2D eigenvalue weighted by Crippen LogP contribution is -2.25. The van der Waals surface area contributed by atoms with Crippen LogP contribution in [0.3, 0.4) is 0 Å². The summed E-state index contributed by atoms with van der Waals surface area (Å²) in [5, 5.41) is 23.0. The molecule has 0 saturated heterocycles. The second kappa shape index (κ2) is 9.73. The van der Waals surface area contributed by atoms with Gasteiger partial charge in [0, 0.05) is 12.6 Å². The van der Waals surface area contributed by atoms with E-state index in [0.717, 1.165) is 12.8 Å². The van der Waals surface area contributed by atoms with E-state index in [0.29, 0.717) is 12.1 Å². The fourth-order valence-electron chi connectivity index (χ4n) is 2.49. The number of nitrogens with one attached hydrogen (secondary N) is 1. The van der Waals surface area contributed by atoms with Crippen molar-refractivity contribution in [1.29, 1.82) is 5.26 Å². The van der Waals surface area contributed by atoms with Crippen molar-refractivity contribution in [2.75, 3.05) is 13.7 Å². The van der Waals surface area contributed by atoms with E-state index in [1.165, 1.54) is 30.9 Å². The van der Waals surface area contributed by atoms with Crippen molar-refractivity contribution in [3.8, 4) is 11.8 Å². The van der Waals surface area contributed by atoms with Gasteiger partial charge >= 0.3 is 5.69 Å². The van der Waals surface area contributed by atoms with E-state index < -0.39 is 10.8 Å². The number of nitro groups is 1. The van der Waals surface area contributed by atoms with Gasteiger partial charge in [0.05, 0.1) is 12.0 Å². The molecule has 0 radical (unpaired) electrons. The Kier molecular flexibility index (Phi) is 7.08. The number of rotatable bonds is 8. The molecule has 27 heavy (non-hydrogen) atoms. The van der Waals surface area contributed by atoms with Crippen LogP contribution >= 0.6 is 0 Å². The van der Waals surface area contributed by atoms with Gasteiger partial charge in [-0.05, 0) is 36.1 Å². The van der Waals surface area contributed by atoms with Gasteiger partial charge in [-0.15, -0.1) is 0 Å². The Hall–Kier alpha value is -3.66. The van der Waals surface area contributed by atoms with Crippen molar-refractivity contribution in [2.24, 2.45) is 0 Å². The minimum Gasteiger partial charge on any atom is -0.490 e. The van der Waals surface area contributed by atoms with Gasteiger partial charge in [-0.2, -0.15) is 5.26 Å². The third-order valence-corrected chi connectivity index (χ3v) is 3.85. The molecule has 0 spiro atoms. The molecule has 0 atom stereocenters. The molecule has 2 rings (SSSR count). The third kappa shape index (κ3) is 5.68. The lowest BCUT2D eigenvalue weighted by Gasteiger charge is -2.05. The molecule has 1 N–H and O–H groups in total. The summed E-state index contributed by atoms with van der Waals surface area (Å²) >= 11 is 0. The Labute approximate surface area is 157 Å². The molecule has 2 aromatic carbocycles. The zero-order valence-corrected chi connectivity index (χ0v) is 14.8. The fourth-order valence-corrected chi connectivity index (χ4v) is 2.49. The Morgan fingerprint density at radius 2 is 2.04 bits per heavy atom. The first-order valence-electron chi connectivity index (χ1n) is 8.31. The van der Waals surface area contributed by atoms with Gasteiger partial charge in [-0.25, -0.2) is 0 Å². The van der Waals surface area contributed by atoms with Gasteiger partial charge in [-0.3, -0.25) is 14.9 Å². The Balaban J connectivity index is 2.00. The standard InChI is InChI=1S/C20H19N3O4/c1-27-19-10-9-16(13-18(19)23(25)26)12-17(14-21)20(24)22-11-5-8-15-6-3-2-4-7-15/h2-4,6-7,9-10,12-13H,5,8,11H2,1H3,(H,22,24)/b17-12-. The molecule has 0 aromatic heterocycles. The van der Waals surface area contributed by atoms with E-state index in [4.69, 9.17) is 4.74 Å². The number of nitro benzene ring substituents is 1. The zero-order chi connectivity index (χ0) is 19.6. The number of methoxy groups -OCH3 is 1. The molecule has 0 saturated carbocycles. The van der Waals surface area contributed by atoms with Crippen molar-refractivity contribution in [3.63, 3.8) is 0 Å². The first kappa shape index (κ1) is 19.7. The number of hydrogen-bond acceptors (Lipinski definition) is 5. The minimum absolute atomic E-state index is 0.112. The van der Waals surface area contributed by atoms with E-state index in [-0.39, 0.29) is 17.0 Å². The summed E-state index contributed by atoms with van der Waals surface area (Å²) in [6.45, 7) is 0.426. The predicted molar refractivity (Wildman–Crippen MR) is 101 cm³/mol. The number of amides is 1. The highest BCUT2D eigenvalue weighted by Gasteiger charge is 2.16. The van der Waals surface area contributed by atoms with Gasteiger partial charge in [0.25, 0.3) is 5.91 Å². The van der Waals surface area contributed by atoms with Crippen LogP contribution in [0.1, 0.15) is 17.5 Å². The van der Waals surface area contributed by atoms with Crippen molar-refractivity contribution in [3.05, 3.63) is 75.3 Å². The van der Waals surface area contributed by atoms with Gasteiger partial charge in [0.2, 0.25) is 0 Å². The minimum atomic E-state index is -0.578. The SMILES string of the molecule is COc1ccc(/C=C(/C#N)C(=O)NCCCc2ccccc2)cc1[N+](=O)[O-]. The van der Waals surface area contributed by atoms with E-state index in [1.54, 1.807) is 6.07 Å². The maximum Gasteiger partial charge on any atom is 0.311 e. The summed E-state index contributed by atoms with van der Waals surface area (Å²) in [5.41, 5.74) is 1.20. The maximum absolute atomic E-state index is 12.2. The molecular formula is C20H19N3O4. The lowest BCUT2D eigenvalue weighted by molar-refractivity contribution is -0.385. The molecule has 0 aliphatic rings. The lowest BCUT2D eigenvalue weighted by atomic mass is 10.1. The molecule has 0 aliphatic carbocycles. The Morgan fingerprint density at radius 1 is 1.30 bits per heavy atom. The smallest absolute Gasteiger partial charge is 0.311 e. The number of carbonyl (C=O) groups is 1. The van der Waals surface area contributed by atoms with Crippen LogP contribution in [0.5, 0.6) is 5.75 Å². The Morgan fingerprint density at radius 3 is 2.67 bits per heavy atom. The first-order valence-corrected chi connectivity index (χ1v) is 8.31. The van der Waals surface area contributed by atoms with Crippen LogP contribution in [0.15, 0.2) is 54.1 Å². The van der Waals surface area contributed by atoms with Crippen LogP contribution in [0.2, 0.25) is 0 Å². The number of ether oxygens (including phenoxy) is 1. The monoisotopic (exact) mass is 365 g/mol.